The van der Waals surface area contributed by atoms with Gasteiger partial charge < -0.3 is 14.4 Å². The molecule has 3 heterocycles. The van der Waals surface area contributed by atoms with E-state index in [1.165, 1.54) is 12.3 Å². The SMILES string of the molecule is CCOc1cccc(S(=O)(=O)c2cnc(-c3ccnc(N4CCOCC4)n3)s2)c1. The Balaban J connectivity index is 1.62. The third kappa shape index (κ3) is 4.24. The molecule has 0 unspecified atom stereocenters. The normalized spacial score (nSPS) is 14.7. The molecule has 1 fully saturated rings. The summed E-state index contributed by atoms with van der Waals surface area (Å²) < 4.78 is 37.0. The molecule has 1 aliphatic rings. The van der Waals surface area contributed by atoms with E-state index in [-0.39, 0.29) is 9.10 Å². The summed E-state index contributed by atoms with van der Waals surface area (Å²) in [7, 11) is -3.69. The van der Waals surface area contributed by atoms with Crippen molar-refractivity contribution in [1.82, 2.24) is 15.0 Å². The van der Waals surface area contributed by atoms with Gasteiger partial charge in [-0.1, -0.05) is 6.07 Å². The summed E-state index contributed by atoms with van der Waals surface area (Å²) in [6.45, 7) is 5.02. The number of benzene rings is 1. The maximum atomic E-state index is 13.0. The second kappa shape index (κ2) is 8.44. The molecule has 0 bridgehead atoms. The fourth-order valence-corrected chi connectivity index (χ4v) is 5.44. The molecule has 0 amide bonds. The van der Waals surface area contributed by atoms with Crippen LogP contribution in [0.15, 0.2) is 51.8 Å². The molecule has 2 aromatic heterocycles. The van der Waals surface area contributed by atoms with Gasteiger partial charge in [0.05, 0.1) is 30.9 Å². The summed E-state index contributed by atoms with van der Waals surface area (Å²) in [4.78, 5) is 15.4. The standard InChI is InChI=1S/C19H20N4O4S2/c1-2-27-14-4-3-5-15(12-14)29(24,25)17-13-21-18(28-17)16-6-7-20-19(22-16)23-8-10-26-11-9-23/h3-7,12-13H,2,8-11H2,1H3. The van der Waals surface area contributed by atoms with Crippen LogP contribution in [0.3, 0.4) is 0 Å². The van der Waals surface area contributed by atoms with Gasteiger partial charge in [-0.25, -0.2) is 23.4 Å². The summed E-state index contributed by atoms with van der Waals surface area (Å²) in [5.74, 6) is 1.11. The van der Waals surface area contributed by atoms with Crippen LogP contribution >= 0.6 is 11.3 Å². The van der Waals surface area contributed by atoms with Gasteiger partial charge in [-0.15, -0.1) is 11.3 Å². The van der Waals surface area contributed by atoms with Gasteiger partial charge in [-0.2, -0.15) is 0 Å². The van der Waals surface area contributed by atoms with Crippen LogP contribution in [0.5, 0.6) is 5.75 Å². The molecule has 152 valence electrons. The Labute approximate surface area is 173 Å². The highest BCUT2D eigenvalue weighted by molar-refractivity contribution is 7.93. The number of hydrogen-bond acceptors (Lipinski definition) is 9. The zero-order valence-corrected chi connectivity index (χ0v) is 17.4. The molecule has 4 rings (SSSR count). The fraction of sp³-hybridized carbons (Fsp3) is 0.316. The molecule has 1 aliphatic heterocycles. The van der Waals surface area contributed by atoms with Crippen LogP contribution in [0, 0.1) is 0 Å². The highest BCUT2D eigenvalue weighted by Gasteiger charge is 2.23. The number of hydrogen-bond donors (Lipinski definition) is 0. The summed E-state index contributed by atoms with van der Waals surface area (Å²) in [6.07, 6.45) is 3.04. The maximum absolute atomic E-state index is 13.0. The van der Waals surface area contributed by atoms with E-state index in [1.807, 2.05) is 11.8 Å². The third-order valence-corrected chi connectivity index (χ3v) is 7.56. The molecular formula is C19H20N4O4S2. The molecule has 0 aliphatic carbocycles. The molecule has 29 heavy (non-hydrogen) atoms. The van der Waals surface area contributed by atoms with Gasteiger partial charge in [-0.3, -0.25) is 0 Å². The first-order valence-electron chi connectivity index (χ1n) is 9.18. The summed E-state index contributed by atoms with van der Waals surface area (Å²) >= 11 is 1.09. The molecule has 8 nitrogen and oxygen atoms in total. The van der Waals surface area contributed by atoms with Crippen LogP contribution < -0.4 is 9.64 Å². The van der Waals surface area contributed by atoms with Crippen LogP contribution in [0.1, 0.15) is 6.92 Å². The number of nitrogens with zero attached hydrogens (tertiary/aromatic N) is 4. The maximum Gasteiger partial charge on any atom is 0.226 e. The van der Waals surface area contributed by atoms with E-state index in [0.29, 0.717) is 42.2 Å². The largest absolute Gasteiger partial charge is 0.494 e. The van der Waals surface area contributed by atoms with Crippen LogP contribution in [-0.2, 0) is 14.6 Å². The average molecular weight is 433 g/mol. The van der Waals surface area contributed by atoms with Crippen LogP contribution in [-0.4, -0.2) is 56.3 Å². The number of sulfone groups is 1. The summed E-state index contributed by atoms with van der Waals surface area (Å²) in [5, 5.41) is 0.529. The second-order valence-electron chi connectivity index (χ2n) is 6.24. The zero-order chi connectivity index (χ0) is 20.3. The van der Waals surface area contributed by atoms with E-state index >= 15 is 0 Å². The minimum atomic E-state index is -3.69. The average Bonchev–Trinajstić information content (AvgIpc) is 3.26. The van der Waals surface area contributed by atoms with Gasteiger partial charge >= 0.3 is 0 Å². The number of morpholine rings is 1. The topological polar surface area (TPSA) is 94.5 Å². The quantitative estimate of drug-likeness (QED) is 0.587. The highest BCUT2D eigenvalue weighted by atomic mass is 32.2. The van der Waals surface area contributed by atoms with Crippen molar-refractivity contribution in [2.45, 2.75) is 16.0 Å². The molecule has 0 radical (unpaired) electrons. The van der Waals surface area contributed by atoms with Crippen LogP contribution in [0.4, 0.5) is 5.95 Å². The first kappa shape index (κ1) is 19.7. The number of thiazole rings is 1. The third-order valence-electron chi connectivity index (χ3n) is 4.33. The Morgan fingerprint density at radius 2 is 2.03 bits per heavy atom. The lowest BCUT2D eigenvalue weighted by Gasteiger charge is -2.26. The summed E-state index contributed by atoms with van der Waals surface area (Å²) in [5.41, 5.74) is 0.594. The van der Waals surface area contributed by atoms with Gasteiger partial charge in [-0.05, 0) is 31.2 Å². The summed E-state index contributed by atoms with van der Waals surface area (Å²) in [6, 6.07) is 8.21. The Kier molecular flexibility index (Phi) is 5.74. The number of ether oxygens (including phenoxy) is 2. The monoisotopic (exact) mass is 432 g/mol. The number of anilines is 1. The van der Waals surface area contributed by atoms with Crippen molar-refractivity contribution < 1.29 is 17.9 Å². The molecule has 1 saturated heterocycles. The van der Waals surface area contributed by atoms with E-state index in [0.717, 1.165) is 24.4 Å². The van der Waals surface area contributed by atoms with Gasteiger partial charge in [0.1, 0.15) is 20.7 Å². The lowest BCUT2D eigenvalue weighted by molar-refractivity contribution is 0.122. The molecule has 0 N–H and O–H groups in total. The minimum absolute atomic E-state index is 0.160. The van der Waals surface area contributed by atoms with Crippen molar-refractivity contribution in [2.75, 3.05) is 37.8 Å². The lowest BCUT2D eigenvalue weighted by Crippen LogP contribution is -2.37. The highest BCUT2D eigenvalue weighted by Crippen LogP contribution is 2.32. The smallest absolute Gasteiger partial charge is 0.226 e. The molecule has 3 aromatic rings. The lowest BCUT2D eigenvalue weighted by atomic mass is 10.3. The van der Waals surface area contributed by atoms with E-state index in [1.54, 1.807) is 30.5 Å². The van der Waals surface area contributed by atoms with Gasteiger partial charge in [0.2, 0.25) is 15.8 Å². The van der Waals surface area contributed by atoms with Gasteiger partial charge in [0, 0.05) is 19.3 Å². The molecule has 0 saturated carbocycles. The molecule has 0 spiro atoms. The van der Waals surface area contributed by atoms with E-state index in [9.17, 15) is 8.42 Å². The fourth-order valence-electron chi connectivity index (χ4n) is 2.90. The Bertz CT molecular complexity index is 1090. The van der Waals surface area contributed by atoms with Crippen molar-refractivity contribution >= 4 is 27.1 Å². The Morgan fingerprint density at radius 3 is 2.83 bits per heavy atom. The van der Waals surface area contributed by atoms with Crippen molar-refractivity contribution in [1.29, 1.82) is 0 Å². The predicted molar refractivity (Wildman–Crippen MR) is 109 cm³/mol. The van der Waals surface area contributed by atoms with Crippen molar-refractivity contribution in [3.8, 4) is 16.5 Å². The predicted octanol–water partition coefficient (Wildman–Crippen LogP) is 2.67. The van der Waals surface area contributed by atoms with E-state index < -0.39 is 9.84 Å². The van der Waals surface area contributed by atoms with Gasteiger partial charge in [0.15, 0.2) is 0 Å². The van der Waals surface area contributed by atoms with Crippen molar-refractivity contribution in [2.24, 2.45) is 0 Å². The van der Waals surface area contributed by atoms with Crippen LogP contribution in [0.2, 0.25) is 0 Å². The molecule has 10 heteroatoms. The minimum Gasteiger partial charge on any atom is -0.494 e. The van der Waals surface area contributed by atoms with Crippen molar-refractivity contribution in [3.63, 3.8) is 0 Å². The first-order valence-corrected chi connectivity index (χ1v) is 11.5. The number of rotatable bonds is 6. The molecule has 1 aromatic carbocycles. The van der Waals surface area contributed by atoms with Crippen molar-refractivity contribution in [3.05, 3.63) is 42.7 Å². The van der Waals surface area contributed by atoms with E-state index in [4.69, 9.17) is 9.47 Å². The second-order valence-corrected chi connectivity index (χ2v) is 9.44. The zero-order valence-electron chi connectivity index (χ0n) is 15.8. The van der Waals surface area contributed by atoms with Crippen LogP contribution in [0.25, 0.3) is 10.7 Å². The first-order chi connectivity index (χ1) is 14.1. The number of aromatic nitrogens is 3. The molecular weight excluding hydrogens is 412 g/mol. The Hall–Kier alpha value is -2.56. The Morgan fingerprint density at radius 1 is 1.21 bits per heavy atom. The molecule has 0 atom stereocenters. The van der Waals surface area contributed by atoms with E-state index in [2.05, 4.69) is 15.0 Å². The van der Waals surface area contributed by atoms with Gasteiger partial charge in [0.25, 0.3) is 0 Å².